The molecule has 0 radical (unpaired) electrons. The summed E-state index contributed by atoms with van der Waals surface area (Å²) in [5, 5.41) is 9.95. The first-order valence-corrected chi connectivity index (χ1v) is 10.4. The number of para-hydroxylation sites is 1. The highest BCUT2D eigenvalue weighted by Gasteiger charge is 2.25. The van der Waals surface area contributed by atoms with Crippen LogP contribution in [0.5, 0.6) is 11.5 Å². The molecule has 0 amide bonds. The summed E-state index contributed by atoms with van der Waals surface area (Å²) in [4.78, 5) is 15.3. The van der Waals surface area contributed by atoms with Crippen LogP contribution in [0.3, 0.4) is 0 Å². The van der Waals surface area contributed by atoms with Gasteiger partial charge in [0.1, 0.15) is 16.7 Å². The van der Waals surface area contributed by atoms with Crippen LogP contribution in [0, 0.1) is 0 Å². The van der Waals surface area contributed by atoms with Gasteiger partial charge in [-0.1, -0.05) is 30.0 Å². The number of aromatic amines is 1. The second-order valence-electron chi connectivity index (χ2n) is 6.71. The van der Waals surface area contributed by atoms with Crippen LogP contribution in [0.2, 0.25) is 0 Å². The van der Waals surface area contributed by atoms with E-state index in [1.54, 1.807) is 21.1 Å². The molecule has 0 unspecified atom stereocenters. The number of hydrogen-bond acceptors (Lipinski definition) is 7. The Balaban J connectivity index is 1.94. The lowest BCUT2D eigenvalue weighted by molar-refractivity contribution is -0.139. The first-order chi connectivity index (χ1) is 15.1. The molecule has 0 saturated carbocycles. The van der Waals surface area contributed by atoms with Crippen LogP contribution in [-0.2, 0) is 9.53 Å². The number of rotatable bonds is 7. The summed E-state index contributed by atoms with van der Waals surface area (Å²) in [7, 11) is 4.57. The highest BCUT2D eigenvalue weighted by molar-refractivity contribution is 8.00. The van der Waals surface area contributed by atoms with Gasteiger partial charge in [0.25, 0.3) is 0 Å². The maximum Gasteiger partial charge on any atom is 0.318 e. The lowest BCUT2D eigenvalue weighted by Gasteiger charge is -2.16. The minimum Gasteiger partial charge on any atom is -0.497 e. The van der Waals surface area contributed by atoms with Gasteiger partial charge in [0.05, 0.1) is 27.0 Å². The molecule has 0 saturated heterocycles. The number of nitrogens with one attached hydrogen (secondary N) is 1. The van der Waals surface area contributed by atoms with Gasteiger partial charge in [0, 0.05) is 28.7 Å². The summed E-state index contributed by atoms with van der Waals surface area (Å²) in [6.07, 6.45) is 1.90. The number of hydrogen-bond donors (Lipinski definition) is 1. The molecule has 0 aliphatic rings. The first kappa shape index (κ1) is 20.8. The van der Waals surface area contributed by atoms with E-state index in [4.69, 9.17) is 14.2 Å². The van der Waals surface area contributed by atoms with Gasteiger partial charge in [-0.2, -0.15) is 0 Å². The van der Waals surface area contributed by atoms with Crippen molar-refractivity contribution in [3.63, 3.8) is 0 Å². The Kier molecular flexibility index (Phi) is 5.85. The van der Waals surface area contributed by atoms with Crippen LogP contribution in [0.1, 0.15) is 6.92 Å². The molecule has 31 heavy (non-hydrogen) atoms. The third-order valence-corrected chi connectivity index (χ3v) is 5.93. The zero-order valence-electron chi connectivity index (χ0n) is 17.6. The molecule has 1 atom stereocenters. The van der Waals surface area contributed by atoms with Crippen LogP contribution in [0.15, 0.2) is 53.8 Å². The zero-order valence-corrected chi connectivity index (χ0v) is 18.4. The molecule has 160 valence electrons. The molecular formula is C22H22N4O4S. The van der Waals surface area contributed by atoms with E-state index in [0.29, 0.717) is 28.2 Å². The SMILES string of the molecule is COC(=O)[C@@H](C)Sc1nnc(-c2c[nH]c3ccccc23)n1-c1cc(OC)ccc1OC. The maximum absolute atomic E-state index is 12.0. The van der Waals surface area contributed by atoms with Crippen LogP contribution < -0.4 is 9.47 Å². The molecule has 0 bridgehead atoms. The number of thioether (sulfide) groups is 1. The normalized spacial score (nSPS) is 12.0. The van der Waals surface area contributed by atoms with E-state index in [0.717, 1.165) is 16.5 Å². The third-order valence-electron chi connectivity index (χ3n) is 4.91. The van der Waals surface area contributed by atoms with Gasteiger partial charge in [0.2, 0.25) is 0 Å². The van der Waals surface area contributed by atoms with Gasteiger partial charge in [-0.15, -0.1) is 10.2 Å². The van der Waals surface area contributed by atoms with E-state index in [1.807, 2.05) is 53.2 Å². The van der Waals surface area contributed by atoms with Crippen molar-refractivity contribution in [1.29, 1.82) is 0 Å². The van der Waals surface area contributed by atoms with Crippen molar-refractivity contribution >= 4 is 28.6 Å². The van der Waals surface area contributed by atoms with E-state index < -0.39 is 5.25 Å². The number of H-pyrrole nitrogens is 1. The topological polar surface area (TPSA) is 91.3 Å². The highest BCUT2D eigenvalue weighted by Crippen LogP contribution is 2.37. The summed E-state index contributed by atoms with van der Waals surface area (Å²) in [5.74, 6) is 1.55. The minimum atomic E-state index is -0.472. The van der Waals surface area contributed by atoms with Crippen molar-refractivity contribution in [2.75, 3.05) is 21.3 Å². The second-order valence-corrected chi connectivity index (χ2v) is 8.02. The molecule has 4 rings (SSSR count). The number of carbonyl (C=O) groups is 1. The Hall–Kier alpha value is -3.46. The molecule has 0 spiro atoms. The third kappa shape index (κ3) is 3.84. The lowest BCUT2D eigenvalue weighted by Crippen LogP contribution is -2.15. The molecule has 0 aliphatic carbocycles. The van der Waals surface area contributed by atoms with Gasteiger partial charge >= 0.3 is 5.97 Å². The molecule has 2 heterocycles. The second kappa shape index (κ2) is 8.73. The Morgan fingerprint density at radius 3 is 2.65 bits per heavy atom. The molecule has 1 N–H and O–H groups in total. The monoisotopic (exact) mass is 438 g/mol. The minimum absolute atomic E-state index is 0.342. The fourth-order valence-corrected chi connectivity index (χ4v) is 4.22. The first-order valence-electron chi connectivity index (χ1n) is 9.56. The van der Waals surface area contributed by atoms with Crippen molar-refractivity contribution in [2.24, 2.45) is 0 Å². The number of methoxy groups -OCH3 is 3. The molecule has 0 aliphatic heterocycles. The van der Waals surface area contributed by atoms with Crippen molar-refractivity contribution in [3.05, 3.63) is 48.7 Å². The van der Waals surface area contributed by atoms with Crippen LogP contribution in [0.25, 0.3) is 28.0 Å². The number of fused-ring (bicyclic) bond motifs is 1. The molecule has 2 aromatic carbocycles. The molecule has 8 nitrogen and oxygen atoms in total. The predicted octanol–water partition coefficient (Wildman–Crippen LogP) is 4.09. The van der Waals surface area contributed by atoms with Gasteiger partial charge in [-0.25, -0.2) is 0 Å². The predicted molar refractivity (Wildman–Crippen MR) is 119 cm³/mol. The van der Waals surface area contributed by atoms with E-state index in [1.165, 1.54) is 18.9 Å². The molecule has 0 fully saturated rings. The standard InChI is InChI=1S/C22H22N4O4S/c1-13(21(27)30-4)31-22-25-24-20(16-12-23-17-8-6-5-7-15(16)17)26(22)18-11-14(28-2)9-10-19(18)29-3/h5-13,23H,1-4H3/t13-/m1/s1. The van der Waals surface area contributed by atoms with Crippen LogP contribution in [0.4, 0.5) is 0 Å². The van der Waals surface area contributed by atoms with E-state index in [2.05, 4.69) is 15.2 Å². The Bertz CT molecular complexity index is 1230. The average molecular weight is 439 g/mol. The van der Waals surface area contributed by atoms with Gasteiger partial charge < -0.3 is 19.2 Å². The van der Waals surface area contributed by atoms with E-state index in [-0.39, 0.29) is 5.97 Å². The highest BCUT2D eigenvalue weighted by atomic mass is 32.2. The fourth-order valence-electron chi connectivity index (χ4n) is 3.34. The molecule has 9 heteroatoms. The zero-order chi connectivity index (χ0) is 22.0. The van der Waals surface area contributed by atoms with Crippen LogP contribution >= 0.6 is 11.8 Å². The number of carbonyl (C=O) groups excluding carboxylic acids is 1. The number of nitrogens with zero attached hydrogens (tertiary/aromatic N) is 3. The van der Waals surface area contributed by atoms with Gasteiger partial charge in [-0.3, -0.25) is 9.36 Å². The molecular weight excluding hydrogens is 416 g/mol. The van der Waals surface area contributed by atoms with Crippen LogP contribution in [-0.4, -0.2) is 52.3 Å². The van der Waals surface area contributed by atoms with Crippen molar-refractivity contribution in [2.45, 2.75) is 17.3 Å². The van der Waals surface area contributed by atoms with Gasteiger partial charge in [-0.05, 0) is 25.1 Å². The summed E-state index contributed by atoms with van der Waals surface area (Å²) >= 11 is 1.26. The van der Waals surface area contributed by atoms with Crippen molar-refractivity contribution in [1.82, 2.24) is 19.7 Å². The Morgan fingerprint density at radius 1 is 1.10 bits per heavy atom. The quantitative estimate of drug-likeness (QED) is 0.343. The smallest absolute Gasteiger partial charge is 0.318 e. The number of aromatic nitrogens is 4. The average Bonchev–Trinajstić information content (AvgIpc) is 3.41. The molecule has 4 aromatic rings. The maximum atomic E-state index is 12.0. The van der Waals surface area contributed by atoms with Gasteiger partial charge in [0.15, 0.2) is 11.0 Å². The van der Waals surface area contributed by atoms with Crippen molar-refractivity contribution in [3.8, 4) is 28.6 Å². The Morgan fingerprint density at radius 2 is 1.90 bits per heavy atom. The number of ether oxygens (including phenoxy) is 3. The number of benzene rings is 2. The van der Waals surface area contributed by atoms with E-state index in [9.17, 15) is 4.79 Å². The summed E-state index contributed by atoms with van der Waals surface area (Å²) in [6, 6.07) is 13.5. The summed E-state index contributed by atoms with van der Waals surface area (Å²) < 4.78 is 17.8. The summed E-state index contributed by atoms with van der Waals surface area (Å²) in [6.45, 7) is 1.77. The lowest BCUT2D eigenvalue weighted by atomic mass is 10.1. The molecule has 2 aromatic heterocycles. The summed E-state index contributed by atoms with van der Waals surface area (Å²) in [5.41, 5.74) is 2.57. The fraction of sp³-hybridized carbons (Fsp3) is 0.227. The Labute approximate surface area is 183 Å². The van der Waals surface area contributed by atoms with E-state index >= 15 is 0 Å². The van der Waals surface area contributed by atoms with Crippen molar-refractivity contribution < 1.29 is 19.0 Å². The largest absolute Gasteiger partial charge is 0.497 e. The number of esters is 1.